The lowest BCUT2D eigenvalue weighted by Gasteiger charge is -2.23. The number of para-hydroxylation sites is 1. The first-order valence-electron chi connectivity index (χ1n) is 9.10. The van der Waals surface area contributed by atoms with Crippen molar-refractivity contribution in [2.45, 2.75) is 31.8 Å². The Balaban J connectivity index is 1.62. The summed E-state index contributed by atoms with van der Waals surface area (Å²) in [5.74, 6) is 0.963. The number of benzene rings is 2. The van der Waals surface area contributed by atoms with E-state index in [1.807, 2.05) is 18.2 Å². The van der Waals surface area contributed by atoms with Crippen molar-refractivity contribution in [3.05, 3.63) is 53.8 Å². The molecule has 0 heterocycles. The minimum atomic E-state index is -0.425. The summed E-state index contributed by atoms with van der Waals surface area (Å²) < 4.78 is 24.5. The first kappa shape index (κ1) is 19.2. The lowest BCUT2D eigenvalue weighted by atomic mass is 10.1. The van der Waals surface area contributed by atoms with Crippen molar-refractivity contribution in [2.24, 2.45) is 0 Å². The van der Waals surface area contributed by atoms with Crippen LogP contribution < -0.4 is 14.8 Å². The van der Waals surface area contributed by atoms with Gasteiger partial charge in [-0.05, 0) is 43.2 Å². The van der Waals surface area contributed by atoms with Crippen LogP contribution in [-0.4, -0.2) is 37.6 Å². The Labute approximate surface area is 159 Å². The van der Waals surface area contributed by atoms with Crippen molar-refractivity contribution < 1.29 is 18.7 Å². The number of halogens is 1. The lowest BCUT2D eigenvalue weighted by molar-refractivity contribution is -0.116. The van der Waals surface area contributed by atoms with Crippen LogP contribution in [0.5, 0.6) is 11.5 Å². The van der Waals surface area contributed by atoms with E-state index in [1.165, 1.54) is 6.07 Å². The molecule has 1 amide bonds. The highest BCUT2D eigenvalue weighted by molar-refractivity contribution is 5.90. The molecule has 0 spiro atoms. The first-order chi connectivity index (χ1) is 13.1. The van der Waals surface area contributed by atoms with Crippen LogP contribution in [-0.2, 0) is 11.3 Å². The monoisotopic (exact) mass is 372 g/mol. The molecule has 2 aromatic carbocycles. The average Bonchev–Trinajstić information content (AvgIpc) is 3.52. The van der Waals surface area contributed by atoms with Gasteiger partial charge in [0, 0.05) is 31.1 Å². The maximum Gasteiger partial charge on any atom is 0.225 e. The molecule has 5 nitrogen and oxygen atoms in total. The molecule has 6 heteroatoms. The molecule has 1 fully saturated rings. The molecular weight excluding hydrogens is 347 g/mol. The van der Waals surface area contributed by atoms with Gasteiger partial charge in [-0.2, -0.15) is 0 Å². The fourth-order valence-electron chi connectivity index (χ4n) is 3.08. The predicted molar refractivity (Wildman–Crippen MR) is 103 cm³/mol. The maximum atomic E-state index is 13.7. The molecule has 1 N–H and O–H groups in total. The van der Waals surface area contributed by atoms with Crippen LogP contribution in [0.15, 0.2) is 42.5 Å². The number of carbonyl (C=O) groups excluding carboxylic acids is 1. The Bertz CT molecular complexity index is 793. The number of hydrogen-bond acceptors (Lipinski definition) is 4. The summed E-state index contributed by atoms with van der Waals surface area (Å²) in [6, 6.07) is 12.4. The van der Waals surface area contributed by atoms with Crippen molar-refractivity contribution in [2.75, 3.05) is 26.1 Å². The fraction of sp³-hybridized carbons (Fsp3) is 0.381. The number of rotatable bonds is 9. The third kappa shape index (κ3) is 5.20. The van der Waals surface area contributed by atoms with Crippen molar-refractivity contribution in [1.29, 1.82) is 0 Å². The van der Waals surface area contributed by atoms with Crippen LogP contribution in [0.4, 0.5) is 10.1 Å². The Morgan fingerprint density at radius 3 is 2.63 bits per heavy atom. The molecule has 0 radical (unpaired) electrons. The number of carbonyl (C=O) groups is 1. The number of nitrogens with one attached hydrogen (secondary N) is 1. The molecule has 0 atom stereocenters. The summed E-state index contributed by atoms with van der Waals surface area (Å²) in [4.78, 5) is 14.5. The summed E-state index contributed by atoms with van der Waals surface area (Å²) >= 11 is 0. The number of anilines is 1. The highest BCUT2D eigenvalue weighted by atomic mass is 19.1. The molecule has 27 heavy (non-hydrogen) atoms. The predicted octanol–water partition coefficient (Wildman–Crippen LogP) is 3.84. The molecule has 1 saturated carbocycles. The van der Waals surface area contributed by atoms with Gasteiger partial charge in [-0.25, -0.2) is 4.39 Å². The van der Waals surface area contributed by atoms with E-state index in [2.05, 4.69) is 10.2 Å². The van der Waals surface area contributed by atoms with Gasteiger partial charge in [0.1, 0.15) is 17.3 Å². The van der Waals surface area contributed by atoms with Gasteiger partial charge in [0.2, 0.25) is 5.91 Å². The van der Waals surface area contributed by atoms with Crippen LogP contribution in [0, 0.1) is 5.82 Å². The van der Waals surface area contributed by atoms with Crippen LogP contribution in [0.2, 0.25) is 0 Å². The van der Waals surface area contributed by atoms with E-state index < -0.39 is 5.82 Å². The van der Waals surface area contributed by atoms with Gasteiger partial charge in [-0.1, -0.05) is 12.1 Å². The highest BCUT2D eigenvalue weighted by Gasteiger charge is 2.29. The smallest absolute Gasteiger partial charge is 0.225 e. The Hall–Kier alpha value is -2.60. The van der Waals surface area contributed by atoms with Gasteiger partial charge in [-0.3, -0.25) is 9.69 Å². The van der Waals surface area contributed by atoms with Crippen molar-refractivity contribution >= 4 is 11.6 Å². The Morgan fingerprint density at radius 2 is 1.96 bits per heavy atom. The first-order valence-corrected chi connectivity index (χ1v) is 9.10. The van der Waals surface area contributed by atoms with E-state index in [0.717, 1.165) is 29.9 Å². The van der Waals surface area contributed by atoms with E-state index in [-0.39, 0.29) is 11.6 Å². The van der Waals surface area contributed by atoms with Gasteiger partial charge < -0.3 is 14.8 Å². The quantitative estimate of drug-likeness (QED) is 0.727. The van der Waals surface area contributed by atoms with E-state index in [4.69, 9.17) is 9.47 Å². The standard InChI is InChI=1S/C21H25FN2O3/c1-26-17-9-10-20(27-2)15(13-17)14-24(16-7-8-16)12-11-21(25)23-19-6-4-3-5-18(19)22/h3-6,9-10,13,16H,7-8,11-12,14H2,1-2H3,(H,23,25). The maximum absolute atomic E-state index is 13.7. The Kier molecular flexibility index (Phi) is 6.29. The molecular formula is C21H25FN2O3. The Morgan fingerprint density at radius 1 is 1.19 bits per heavy atom. The van der Waals surface area contributed by atoms with Crippen LogP contribution in [0.3, 0.4) is 0 Å². The molecule has 0 aromatic heterocycles. The number of amides is 1. The minimum absolute atomic E-state index is 0.191. The number of methoxy groups -OCH3 is 2. The minimum Gasteiger partial charge on any atom is -0.497 e. The van der Waals surface area contributed by atoms with E-state index in [1.54, 1.807) is 32.4 Å². The molecule has 3 rings (SSSR count). The van der Waals surface area contributed by atoms with Crippen molar-refractivity contribution in [1.82, 2.24) is 4.90 Å². The molecule has 1 aliphatic rings. The molecule has 144 valence electrons. The van der Waals surface area contributed by atoms with E-state index in [0.29, 0.717) is 25.6 Å². The van der Waals surface area contributed by atoms with Gasteiger partial charge in [0.25, 0.3) is 0 Å². The van der Waals surface area contributed by atoms with Crippen LogP contribution in [0.1, 0.15) is 24.8 Å². The molecule has 0 aliphatic heterocycles. The summed E-state index contributed by atoms with van der Waals surface area (Å²) in [6.07, 6.45) is 2.56. The number of ether oxygens (including phenoxy) is 2. The molecule has 0 unspecified atom stereocenters. The van der Waals surface area contributed by atoms with Gasteiger partial charge in [-0.15, -0.1) is 0 Å². The van der Waals surface area contributed by atoms with Crippen molar-refractivity contribution in [3.63, 3.8) is 0 Å². The second kappa shape index (κ2) is 8.86. The number of nitrogens with zero attached hydrogens (tertiary/aromatic N) is 1. The van der Waals surface area contributed by atoms with Gasteiger partial charge >= 0.3 is 0 Å². The summed E-state index contributed by atoms with van der Waals surface area (Å²) in [6.45, 7) is 1.28. The largest absolute Gasteiger partial charge is 0.497 e. The summed E-state index contributed by atoms with van der Waals surface area (Å²) in [5, 5.41) is 2.64. The molecule has 2 aromatic rings. The molecule has 0 bridgehead atoms. The zero-order chi connectivity index (χ0) is 19.2. The summed E-state index contributed by atoms with van der Waals surface area (Å²) in [7, 11) is 3.28. The number of hydrogen-bond donors (Lipinski definition) is 1. The molecule has 1 aliphatic carbocycles. The van der Waals surface area contributed by atoms with E-state index >= 15 is 0 Å². The SMILES string of the molecule is COc1ccc(OC)c(CN(CCC(=O)Nc2ccccc2F)C2CC2)c1. The zero-order valence-electron chi connectivity index (χ0n) is 15.7. The second-order valence-electron chi connectivity index (χ2n) is 6.66. The third-order valence-corrected chi connectivity index (χ3v) is 4.70. The van der Waals surface area contributed by atoms with E-state index in [9.17, 15) is 9.18 Å². The van der Waals surface area contributed by atoms with Gasteiger partial charge in [0.15, 0.2) is 0 Å². The molecule has 0 saturated heterocycles. The van der Waals surface area contributed by atoms with Crippen LogP contribution in [0.25, 0.3) is 0 Å². The lowest BCUT2D eigenvalue weighted by Crippen LogP contribution is -2.29. The van der Waals surface area contributed by atoms with Crippen molar-refractivity contribution in [3.8, 4) is 11.5 Å². The zero-order valence-corrected chi connectivity index (χ0v) is 15.7. The average molecular weight is 372 g/mol. The normalized spacial score (nSPS) is 13.5. The highest BCUT2D eigenvalue weighted by Crippen LogP contribution is 2.32. The third-order valence-electron chi connectivity index (χ3n) is 4.70. The summed E-state index contributed by atoms with van der Waals surface area (Å²) in [5.41, 5.74) is 1.24. The second-order valence-corrected chi connectivity index (χ2v) is 6.66. The van der Waals surface area contributed by atoms with Gasteiger partial charge in [0.05, 0.1) is 19.9 Å². The fourth-order valence-corrected chi connectivity index (χ4v) is 3.08. The topological polar surface area (TPSA) is 50.8 Å². The van der Waals surface area contributed by atoms with Crippen LogP contribution >= 0.6 is 0 Å².